The zero-order valence-corrected chi connectivity index (χ0v) is 20.1. The van der Waals surface area contributed by atoms with Gasteiger partial charge < -0.3 is 20.1 Å². The number of carbonyl (C=O) groups excluding carboxylic acids is 3. The predicted molar refractivity (Wildman–Crippen MR) is 130 cm³/mol. The zero-order valence-electron chi connectivity index (χ0n) is 18.6. The molecule has 3 rings (SSSR count). The standard InChI is InChI=1S/C24H23ClN2O5S/c1-13-9-10-16(11-17(13)25)26-22(29)21-15(3)20(24(30)31-4)23(33-21)27-19(28)12-32-18-8-6-5-7-14(18)2/h5-11H,12H2,1-4H3,(H,26,29)(H,27,28). The Labute approximate surface area is 200 Å². The summed E-state index contributed by atoms with van der Waals surface area (Å²) in [5, 5.41) is 6.17. The van der Waals surface area contributed by atoms with E-state index in [0.29, 0.717) is 22.0 Å². The molecule has 0 unspecified atom stereocenters. The number of hydrogen-bond acceptors (Lipinski definition) is 6. The number of halogens is 1. The molecule has 9 heteroatoms. The fraction of sp³-hybridized carbons (Fsp3) is 0.208. The quantitative estimate of drug-likeness (QED) is 0.437. The van der Waals surface area contributed by atoms with Gasteiger partial charge in [0.2, 0.25) is 0 Å². The highest BCUT2D eigenvalue weighted by Crippen LogP contribution is 2.34. The van der Waals surface area contributed by atoms with Crippen molar-refractivity contribution in [1.29, 1.82) is 0 Å². The third-order valence-electron chi connectivity index (χ3n) is 4.88. The molecule has 0 radical (unpaired) electrons. The minimum absolute atomic E-state index is 0.124. The van der Waals surface area contributed by atoms with Crippen LogP contribution in [0.5, 0.6) is 5.75 Å². The highest BCUT2D eigenvalue weighted by Gasteiger charge is 2.26. The number of amides is 2. The van der Waals surface area contributed by atoms with E-state index in [1.807, 2.05) is 32.0 Å². The first-order chi connectivity index (χ1) is 15.7. The number of methoxy groups -OCH3 is 1. The SMILES string of the molecule is COC(=O)c1c(NC(=O)COc2ccccc2C)sc(C(=O)Nc2ccc(C)c(Cl)c2)c1C. The molecule has 172 valence electrons. The molecule has 1 heterocycles. The molecule has 0 bridgehead atoms. The number of nitrogens with one attached hydrogen (secondary N) is 2. The van der Waals surface area contributed by atoms with Crippen LogP contribution in [0, 0.1) is 20.8 Å². The number of aryl methyl sites for hydroxylation is 2. The van der Waals surface area contributed by atoms with Crippen LogP contribution in [0.4, 0.5) is 10.7 Å². The number of benzene rings is 2. The maximum atomic E-state index is 12.9. The maximum Gasteiger partial charge on any atom is 0.341 e. The lowest BCUT2D eigenvalue weighted by Gasteiger charge is -2.09. The number of ether oxygens (including phenoxy) is 2. The third kappa shape index (κ3) is 5.71. The molecule has 1 aromatic heterocycles. The molecule has 2 aromatic carbocycles. The minimum atomic E-state index is -0.656. The molecule has 0 atom stereocenters. The first kappa shape index (κ1) is 24.3. The fourth-order valence-electron chi connectivity index (χ4n) is 3.05. The van der Waals surface area contributed by atoms with Crippen LogP contribution in [0.1, 0.15) is 36.7 Å². The van der Waals surface area contributed by atoms with Gasteiger partial charge in [-0.1, -0.05) is 35.9 Å². The van der Waals surface area contributed by atoms with Gasteiger partial charge in [0.15, 0.2) is 6.61 Å². The number of esters is 1. The summed E-state index contributed by atoms with van der Waals surface area (Å²) in [4.78, 5) is 38.1. The number of para-hydroxylation sites is 1. The van der Waals surface area contributed by atoms with Crippen LogP contribution in [0.25, 0.3) is 0 Å². The van der Waals surface area contributed by atoms with Crippen LogP contribution < -0.4 is 15.4 Å². The Bertz CT molecular complexity index is 1220. The van der Waals surface area contributed by atoms with Gasteiger partial charge in [-0.2, -0.15) is 0 Å². The highest BCUT2D eigenvalue weighted by atomic mass is 35.5. The van der Waals surface area contributed by atoms with E-state index in [-0.39, 0.29) is 22.0 Å². The molecular weight excluding hydrogens is 464 g/mol. The predicted octanol–water partition coefficient (Wildman–Crippen LogP) is 5.38. The van der Waals surface area contributed by atoms with Crippen molar-refractivity contribution in [2.75, 3.05) is 24.4 Å². The molecule has 0 aliphatic heterocycles. The topological polar surface area (TPSA) is 93.7 Å². The first-order valence-electron chi connectivity index (χ1n) is 9.98. The van der Waals surface area contributed by atoms with Gasteiger partial charge in [0.25, 0.3) is 11.8 Å². The summed E-state index contributed by atoms with van der Waals surface area (Å²) >= 11 is 7.12. The number of rotatable bonds is 7. The van der Waals surface area contributed by atoms with Gasteiger partial charge in [0.1, 0.15) is 10.8 Å². The smallest absolute Gasteiger partial charge is 0.341 e. The van der Waals surface area contributed by atoms with E-state index in [1.54, 1.807) is 31.2 Å². The van der Waals surface area contributed by atoms with E-state index in [4.69, 9.17) is 21.1 Å². The van der Waals surface area contributed by atoms with Crippen LogP contribution in [0.3, 0.4) is 0 Å². The van der Waals surface area contributed by atoms with Crippen LogP contribution in [0.15, 0.2) is 42.5 Å². The molecular formula is C24H23ClN2O5S. The van der Waals surface area contributed by atoms with E-state index in [1.165, 1.54) is 7.11 Å². The first-order valence-corrected chi connectivity index (χ1v) is 11.2. The summed E-state index contributed by atoms with van der Waals surface area (Å²) in [6.07, 6.45) is 0. The Morgan fingerprint density at radius 3 is 2.39 bits per heavy atom. The summed E-state index contributed by atoms with van der Waals surface area (Å²) in [5.74, 6) is -0.975. The van der Waals surface area contributed by atoms with Gasteiger partial charge in [0.05, 0.1) is 17.6 Å². The number of thiophene rings is 1. The van der Waals surface area contributed by atoms with E-state index >= 15 is 0 Å². The van der Waals surface area contributed by atoms with Crippen molar-refractivity contribution in [1.82, 2.24) is 0 Å². The van der Waals surface area contributed by atoms with Crippen molar-refractivity contribution in [3.63, 3.8) is 0 Å². The van der Waals surface area contributed by atoms with Gasteiger partial charge in [-0.25, -0.2) is 4.79 Å². The third-order valence-corrected chi connectivity index (χ3v) is 6.49. The van der Waals surface area contributed by atoms with Crippen LogP contribution in [-0.2, 0) is 9.53 Å². The van der Waals surface area contributed by atoms with Gasteiger partial charge in [-0.15, -0.1) is 11.3 Å². The van der Waals surface area contributed by atoms with Crippen molar-refractivity contribution in [2.45, 2.75) is 20.8 Å². The zero-order chi connectivity index (χ0) is 24.1. The fourth-order valence-corrected chi connectivity index (χ4v) is 4.34. The molecule has 0 saturated carbocycles. The van der Waals surface area contributed by atoms with Crippen LogP contribution in [-0.4, -0.2) is 31.5 Å². The van der Waals surface area contributed by atoms with Crippen LogP contribution >= 0.6 is 22.9 Å². The summed E-state index contributed by atoms with van der Waals surface area (Å²) in [6, 6.07) is 12.5. The Hall–Kier alpha value is -3.36. The minimum Gasteiger partial charge on any atom is -0.483 e. The average Bonchev–Trinajstić information content (AvgIpc) is 3.11. The second-order valence-corrected chi connectivity index (χ2v) is 8.70. The molecule has 0 aliphatic rings. The van der Waals surface area contributed by atoms with Crippen molar-refractivity contribution in [3.05, 3.63) is 74.6 Å². The van der Waals surface area contributed by atoms with E-state index < -0.39 is 17.8 Å². The maximum absolute atomic E-state index is 12.9. The second-order valence-electron chi connectivity index (χ2n) is 7.27. The number of carbonyl (C=O) groups is 3. The van der Waals surface area contributed by atoms with Crippen molar-refractivity contribution < 1.29 is 23.9 Å². The Balaban J connectivity index is 1.80. The number of hydrogen-bond donors (Lipinski definition) is 2. The Kier molecular flexibility index (Phi) is 7.73. The molecule has 33 heavy (non-hydrogen) atoms. The van der Waals surface area contributed by atoms with Gasteiger partial charge >= 0.3 is 5.97 Å². The van der Waals surface area contributed by atoms with E-state index in [9.17, 15) is 14.4 Å². The van der Waals surface area contributed by atoms with Crippen molar-refractivity contribution in [2.24, 2.45) is 0 Å². The summed E-state index contributed by atoms with van der Waals surface area (Å²) in [5.41, 5.74) is 2.81. The van der Waals surface area contributed by atoms with E-state index in [2.05, 4.69) is 10.6 Å². The molecule has 3 aromatic rings. The summed E-state index contributed by atoms with van der Waals surface area (Å²) in [6.45, 7) is 5.10. The molecule has 2 amide bonds. The summed E-state index contributed by atoms with van der Waals surface area (Å²) in [7, 11) is 1.24. The average molecular weight is 487 g/mol. The Morgan fingerprint density at radius 1 is 1.00 bits per heavy atom. The Morgan fingerprint density at radius 2 is 1.73 bits per heavy atom. The van der Waals surface area contributed by atoms with Crippen molar-refractivity contribution >= 4 is 51.4 Å². The van der Waals surface area contributed by atoms with E-state index in [0.717, 1.165) is 22.5 Å². The van der Waals surface area contributed by atoms with Gasteiger partial charge in [-0.3, -0.25) is 9.59 Å². The molecule has 0 aliphatic carbocycles. The normalized spacial score (nSPS) is 10.5. The number of anilines is 2. The molecule has 2 N–H and O–H groups in total. The lowest BCUT2D eigenvalue weighted by atomic mass is 10.1. The molecule has 0 saturated heterocycles. The lowest BCUT2D eigenvalue weighted by Crippen LogP contribution is -2.21. The monoisotopic (exact) mass is 486 g/mol. The largest absolute Gasteiger partial charge is 0.483 e. The molecule has 0 fully saturated rings. The molecule has 7 nitrogen and oxygen atoms in total. The van der Waals surface area contributed by atoms with Gasteiger partial charge in [-0.05, 0) is 55.7 Å². The highest BCUT2D eigenvalue weighted by molar-refractivity contribution is 7.19. The lowest BCUT2D eigenvalue weighted by molar-refractivity contribution is -0.118. The molecule has 0 spiro atoms. The van der Waals surface area contributed by atoms with Crippen molar-refractivity contribution in [3.8, 4) is 5.75 Å². The van der Waals surface area contributed by atoms with Gasteiger partial charge in [0, 0.05) is 10.7 Å². The summed E-state index contributed by atoms with van der Waals surface area (Å²) < 4.78 is 10.4. The second kappa shape index (κ2) is 10.5. The van der Waals surface area contributed by atoms with Crippen LogP contribution in [0.2, 0.25) is 5.02 Å².